The molecule has 29 heavy (non-hydrogen) atoms. The Morgan fingerprint density at radius 2 is 1.72 bits per heavy atom. The highest BCUT2D eigenvalue weighted by Crippen LogP contribution is 2.16. The largest absolute Gasteiger partial charge is 0.462 e. The molecule has 0 radical (unpaired) electrons. The van der Waals surface area contributed by atoms with Crippen LogP contribution in [0.4, 0.5) is 5.69 Å². The number of para-hydroxylation sites is 1. The lowest BCUT2D eigenvalue weighted by Crippen LogP contribution is -2.32. The summed E-state index contributed by atoms with van der Waals surface area (Å²) in [4.78, 5) is 47.7. The van der Waals surface area contributed by atoms with Crippen molar-refractivity contribution in [2.45, 2.75) is 13.8 Å². The molecule has 0 heterocycles. The van der Waals surface area contributed by atoms with Crippen LogP contribution >= 0.6 is 0 Å². The topological polar surface area (TPSA) is 111 Å². The van der Waals surface area contributed by atoms with E-state index in [1.54, 1.807) is 37.3 Å². The van der Waals surface area contributed by atoms with E-state index in [-0.39, 0.29) is 24.4 Å². The van der Waals surface area contributed by atoms with E-state index < -0.39 is 30.4 Å². The van der Waals surface area contributed by atoms with Crippen LogP contribution in [-0.2, 0) is 19.1 Å². The first-order valence-corrected chi connectivity index (χ1v) is 8.97. The molecular formula is C21H22N2O6. The Kier molecular flexibility index (Phi) is 7.90. The van der Waals surface area contributed by atoms with Crippen LogP contribution in [0.1, 0.15) is 33.2 Å². The number of carbonyl (C=O) groups is 4. The zero-order valence-corrected chi connectivity index (χ0v) is 16.2. The summed E-state index contributed by atoms with van der Waals surface area (Å²) < 4.78 is 9.78. The highest BCUT2D eigenvalue weighted by Gasteiger charge is 2.15. The lowest BCUT2D eigenvalue weighted by molar-refractivity contribution is -0.146. The molecule has 2 amide bonds. The van der Waals surface area contributed by atoms with Gasteiger partial charge in [-0.2, -0.15) is 0 Å². The van der Waals surface area contributed by atoms with Crippen molar-refractivity contribution in [2.24, 2.45) is 0 Å². The quantitative estimate of drug-likeness (QED) is 0.659. The van der Waals surface area contributed by atoms with Crippen molar-refractivity contribution in [1.29, 1.82) is 0 Å². The fourth-order valence-corrected chi connectivity index (χ4v) is 2.40. The lowest BCUT2D eigenvalue weighted by Gasteiger charge is -2.11. The molecule has 0 aromatic heterocycles. The van der Waals surface area contributed by atoms with Gasteiger partial charge in [-0.25, -0.2) is 4.79 Å². The summed E-state index contributed by atoms with van der Waals surface area (Å²) in [5, 5.41) is 4.93. The van der Waals surface area contributed by atoms with Crippen LogP contribution in [0.15, 0.2) is 48.5 Å². The zero-order valence-electron chi connectivity index (χ0n) is 16.2. The van der Waals surface area contributed by atoms with E-state index in [1.165, 1.54) is 12.1 Å². The Morgan fingerprint density at radius 3 is 2.45 bits per heavy atom. The van der Waals surface area contributed by atoms with Gasteiger partial charge in [-0.1, -0.05) is 29.8 Å². The molecule has 152 valence electrons. The first kappa shape index (κ1) is 21.6. The first-order valence-electron chi connectivity index (χ1n) is 8.97. The molecule has 0 fully saturated rings. The molecule has 0 spiro atoms. The maximum absolute atomic E-state index is 12.0. The predicted octanol–water partition coefficient (Wildman–Crippen LogP) is 2.08. The number of carbonyl (C=O) groups excluding carboxylic acids is 4. The Hall–Kier alpha value is -3.68. The third-order valence-electron chi connectivity index (χ3n) is 3.73. The van der Waals surface area contributed by atoms with Crippen molar-refractivity contribution in [3.63, 3.8) is 0 Å². The smallest absolute Gasteiger partial charge is 0.340 e. The second-order valence-corrected chi connectivity index (χ2v) is 6.03. The minimum atomic E-state index is -0.764. The maximum atomic E-state index is 12.0. The van der Waals surface area contributed by atoms with Crippen LogP contribution in [0.2, 0.25) is 0 Å². The van der Waals surface area contributed by atoms with Crippen molar-refractivity contribution < 1.29 is 28.7 Å². The number of hydrogen-bond donors (Lipinski definition) is 2. The standard InChI is InChI=1S/C21H22N2O6/c1-3-28-21(27)16-9-4-5-10-17(16)23-18(24)13-29-19(25)12-22-20(26)15-8-6-7-14(2)11-15/h4-11H,3,12-13H2,1-2H3,(H,22,26)(H,23,24). The second kappa shape index (κ2) is 10.6. The molecule has 2 rings (SSSR count). The minimum Gasteiger partial charge on any atom is -0.462 e. The van der Waals surface area contributed by atoms with Crippen LogP contribution in [-0.4, -0.2) is 43.5 Å². The van der Waals surface area contributed by atoms with E-state index in [2.05, 4.69) is 10.6 Å². The van der Waals surface area contributed by atoms with E-state index in [0.717, 1.165) is 5.56 Å². The Morgan fingerprint density at radius 1 is 0.966 bits per heavy atom. The van der Waals surface area contributed by atoms with E-state index in [1.807, 2.05) is 13.0 Å². The van der Waals surface area contributed by atoms with Crippen LogP contribution < -0.4 is 10.6 Å². The van der Waals surface area contributed by atoms with E-state index in [9.17, 15) is 19.2 Å². The van der Waals surface area contributed by atoms with Gasteiger partial charge in [-0.15, -0.1) is 0 Å². The second-order valence-electron chi connectivity index (χ2n) is 6.03. The van der Waals surface area contributed by atoms with Crippen molar-refractivity contribution in [1.82, 2.24) is 5.32 Å². The van der Waals surface area contributed by atoms with Crippen molar-refractivity contribution in [3.8, 4) is 0 Å². The van der Waals surface area contributed by atoms with Gasteiger partial charge in [0.25, 0.3) is 11.8 Å². The molecule has 0 aliphatic rings. The third kappa shape index (κ3) is 6.76. The molecule has 0 aliphatic carbocycles. The van der Waals surface area contributed by atoms with Gasteiger partial charge < -0.3 is 20.1 Å². The van der Waals surface area contributed by atoms with Crippen molar-refractivity contribution in [2.75, 3.05) is 25.1 Å². The molecule has 0 saturated heterocycles. The summed E-state index contributed by atoms with van der Waals surface area (Å²) in [5.41, 5.74) is 1.78. The zero-order chi connectivity index (χ0) is 21.2. The van der Waals surface area contributed by atoms with E-state index in [0.29, 0.717) is 5.56 Å². The fourth-order valence-electron chi connectivity index (χ4n) is 2.40. The molecule has 0 aliphatic heterocycles. The monoisotopic (exact) mass is 398 g/mol. The summed E-state index contributed by atoms with van der Waals surface area (Å²) in [6, 6.07) is 13.2. The fraction of sp³-hybridized carbons (Fsp3) is 0.238. The van der Waals surface area contributed by atoms with Crippen LogP contribution in [0.25, 0.3) is 0 Å². The summed E-state index contributed by atoms with van der Waals surface area (Å²) in [5.74, 6) is -2.38. The van der Waals surface area contributed by atoms with Gasteiger partial charge >= 0.3 is 11.9 Å². The molecule has 8 nitrogen and oxygen atoms in total. The maximum Gasteiger partial charge on any atom is 0.340 e. The van der Waals surface area contributed by atoms with Crippen molar-refractivity contribution in [3.05, 3.63) is 65.2 Å². The molecule has 0 bridgehead atoms. The highest BCUT2D eigenvalue weighted by molar-refractivity contribution is 6.02. The summed E-state index contributed by atoms with van der Waals surface area (Å²) >= 11 is 0. The number of amides is 2. The Labute approximate surface area is 168 Å². The molecular weight excluding hydrogens is 376 g/mol. The van der Waals surface area contributed by atoms with Gasteiger partial charge in [-0.05, 0) is 38.1 Å². The highest BCUT2D eigenvalue weighted by atomic mass is 16.5. The predicted molar refractivity (Wildman–Crippen MR) is 105 cm³/mol. The van der Waals surface area contributed by atoms with Gasteiger partial charge in [0.1, 0.15) is 6.54 Å². The number of nitrogens with one attached hydrogen (secondary N) is 2. The Balaban J connectivity index is 1.81. The average molecular weight is 398 g/mol. The van der Waals surface area contributed by atoms with Gasteiger partial charge in [0, 0.05) is 5.56 Å². The normalized spacial score (nSPS) is 10.0. The first-order chi connectivity index (χ1) is 13.9. The van der Waals surface area contributed by atoms with Crippen LogP contribution in [0.3, 0.4) is 0 Å². The van der Waals surface area contributed by atoms with E-state index in [4.69, 9.17) is 9.47 Å². The summed E-state index contributed by atoms with van der Waals surface area (Å²) in [6.07, 6.45) is 0. The molecule has 0 atom stereocenters. The van der Waals surface area contributed by atoms with Crippen LogP contribution in [0, 0.1) is 6.92 Å². The number of aryl methyl sites for hydroxylation is 1. The summed E-state index contributed by atoms with van der Waals surface area (Å²) in [6.45, 7) is 2.79. The molecule has 2 aromatic rings. The minimum absolute atomic E-state index is 0.194. The number of anilines is 1. The molecule has 0 unspecified atom stereocenters. The Bertz CT molecular complexity index is 910. The number of benzene rings is 2. The molecule has 2 aromatic carbocycles. The van der Waals surface area contributed by atoms with Gasteiger partial charge in [0.15, 0.2) is 6.61 Å². The number of rotatable bonds is 8. The molecule has 0 saturated carbocycles. The van der Waals surface area contributed by atoms with Gasteiger partial charge in [0.05, 0.1) is 17.9 Å². The third-order valence-corrected chi connectivity index (χ3v) is 3.73. The number of ether oxygens (including phenoxy) is 2. The van der Waals surface area contributed by atoms with Crippen molar-refractivity contribution >= 4 is 29.4 Å². The lowest BCUT2D eigenvalue weighted by atomic mass is 10.1. The average Bonchev–Trinajstić information content (AvgIpc) is 2.71. The summed E-state index contributed by atoms with van der Waals surface area (Å²) in [7, 11) is 0. The number of esters is 2. The van der Waals surface area contributed by atoms with Gasteiger partial charge in [0.2, 0.25) is 0 Å². The van der Waals surface area contributed by atoms with E-state index >= 15 is 0 Å². The van der Waals surface area contributed by atoms with Crippen LogP contribution in [0.5, 0.6) is 0 Å². The van der Waals surface area contributed by atoms with Gasteiger partial charge in [-0.3, -0.25) is 14.4 Å². The molecule has 8 heteroatoms. The molecule has 2 N–H and O–H groups in total. The SMILES string of the molecule is CCOC(=O)c1ccccc1NC(=O)COC(=O)CNC(=O)c1cccc(C)c1. The number of hydrogen-bond acceptors (Lipinski definition) is 6.